The fourth-order valence-electron chi connectivity index (χ4n) is 1.21. The molecule has 4 N–H and O–H groups in total. The summed E-state index contributed by atoms with van der Waals surface area (Å²) in [5, 5.41) is 10.1. The third kappa shape index (κ3) is 1.43. The topological polar surface area (TPSA) is 75.3 Å². The zero-order valence-electron chi connectivity index (χ0n) is 7.15. The van der Waals surface area contributed by atoms with Crippen LogP contribution in [0.1, 0.15) is 9.67 Å². The van der Waals surface area contributed by atoms with Gasteiger partial charge in [-0.15, -0.1) is 11.3 Å². The average molecular weight is 208 g/mol. The highest BCUT2D eigenvalue weighted by Crippen LogP contribution is 2.28. The van der Waals surface area contributed by atoms with Crippen molar-refractivity contribution in [3.05, 3.63) is 29.1 Å². The van der Waals surface area contributed by atoms with Crippen LogP contribution < -0.4 is 11.3 Å². The molecule has 0 saturated carbocycles. The van der Waals surface area contributed by atoms with Crippen LogP contribution in [-0.4, -0.2) is 11.0 Å². The quantitative estimate of drug-likeness (QED) is 0.374. The summed E-state index contributed by atoms with van der Waals surface area (Å²) in [7, 11) is 0. The number of nitrogens with one attached hydrogen (secondary N) is 1. The van der Waals surface area contributed by atoms with Gasteiger partial charge in [0.25, 0.3) is 5.91 Å². The number of benzene rings is 1. The molecule has 1 aromatic carbocycles. The van der Waals surface area contributed by atoms with Gasteiger partial charge in [-0.05, 0) is 29.7 Å². The molecule has 72 valence electrons. The molecular formula is C9H8N2O2S. The molecule has 0 bridgehead atoms. The van der Waals surface area contributed by atoms with Crippen LogP contribution in [0.3, 0.4) is 0 Å². The molecule has 0 aliphatic carbocycles. The summed E-state index contributed by atoms with van der Waals surface area (Å²) < 4.78 is 0.946. The molecule has 0 fully saturated rings. The fourth-order valence-corrected chi connectivity index (χ4v) is 2.16. The largest absolute Gasteiger partial charge is 0.508 e. The lowest BCUT2D eigenvalue weighted by Crippen LogP contribution is -2.29. The number of fused-ring (bicyclic) bond motifs is 1. The van der Waals surface area contributed by atoms with Crippen LogP contribution in [0.4, 0.5) is 0 Å². The molecule has 5 heteroatoms. The monoisotopic (exact) mass is 208 g/mol. The van der Waals surface area contributed by atoms with Gasteiger partial charge in [0.2, 0.25) is 0 Å². The fraction of sp³-hybridized carbons (Fsp3) is 0. The van der Waals surface area contributed by atoms with Gasteiger partial charge in [0.15, 0.2) is 0 Å². The number of nitrogens with two attached hydrogens (primary N) is 1. The summed E-state index contributed by atoms with van der Waals surface area (Å²) in [5.74, 6) is 4.89. The highest BCUT2D eigenvalue weighted by Gasteiger charge is 2.08. The summed E-state index contributed by atoms with van der Waals surface area (Å²) in [6.07, 6.45) is 0. The van der Waals surface area contributed by atoms with E-state index >= 15 is 0 Å². The Hall–Kier alpha value is -1.59. The van der Waals surface area contributed by atoms with Crippen LogP contribution in [0.5, 0.6) is 5.75 Å². The molecule has 0 spiro atoms. The molecule has 1 heterocycles. The maximum Gasteiger partial charge on any atom is 0.275 e. The molecule has 0 radical (unpaired) electrons. The van der Waals surface area contributed by atoms with E-state index in [0.29, 0.717) is 4.88 Å². The Labute approximate surface area is 83.9 Å². The van der Waals surface area contributed by atoms with Crippen LogP contribution in [0.25, 0.3) is 10.1 Å². The normalized spacial score (nSPS) is 10.4. The van der Waals surface area contributed by atoms with Crippen molar-refractivity contribution in [3.8, 4) is 5.75 Å². The number of hydrazine groups is 1. The Morgan fingerprint density at radius 1 is 1.43 bits per heavy atom. The Balaban J connectivity index is 2.56. The molecule has 0 unspecified atom stereocenters. The highest BCUT2D eigenvalue weighted by atomic mass is 32.1. The summed E-state index contributed by atoms with van der Waals surface area (Å²) in [6, 6.07) is 6.66. The van der Waals surface area contributed by atoms with Crippen molar-refractivity contribution < 1.29 is 9.90 Å². The molecule has 4 nitrogen and oxygen atoms in total. The number of phenolic OH excluding ortho intramolecular Hbond substituents is 1. The van der Waals surface area contributed by atoms with Crippen molar-refractivity contribution in [2.45, 2.75) is 0 Å². The van der Waals surface area contributed by atoms with Crippen LogP contribution in [-0.2, 0) is 0 Å². The lowest BCUT2D eigenvalue weighted by Gasteiger charge is -1.90. The molecule has 14 heavy (non-hydrogen) atoms. The third-order valence-corrected chi connectivity index (χ3v) is 2.97. The van der Waals surface area contributed by atoms with Crippen LogP contribution in [0.2, 0.25) is 0 Å². The van der Waals surface area contributed by atoms with Gasteiger partial charge in [-0.1, -0.05) is 0 Å². The number of aromatic hydroxyl groups is 1. The van der Waals surface area contributed by atoms with E-state index in [9.17, 15) is 9.90 Å². The Bertz CT molecular complexity index is 493. The van der Waals surface area contributed by atoms with Crippen molar-refractivity contribution in [1.82, 2.24) is 5.43 Å². The van der Waals surface area contributed by atoms with Gasteiger partial charge in [-0.2, -0.15) is 0 Å². The standard InChI is InChI=1S/C9H8N2O2S/c10-11-9(13)8-4-5-3-6(12)1-2-7(5)14-8/h1-4,12H,10H2,(H,11,13). The lowest BCUT2D eigenvalue weighted by molar-refractivity contribution is 0.0958. The predicted molar refractivity (Wildman–Crippen MR) is 55.1 cm³/mol. The smallest absolute Gasteiger partial charge is 0.275 e. The summed E-state index contributed by atoms with van der Waals surface area (Å²) in [4.78, 5) is 11.7. The number of amides is 1. The highest BCUT2D eigenvalue weighted by molar-refractivity contribution is 7.20. The average Bonchev–Trinajstić information content (AvgIpc) is 2.59. The van der Waals surface area contributed by atoms with Crippen LogP contribution in [0, 0.1) is 0 Å². The van der Waals surface area contributed by atoms with Crippen molar-refractivity contribution in [2.75, 3.05) is 0 Å². The molecule has 2 rings (SSSR count). The zero-order valence-corrected chi connectivity index (χ0v) is 7.97. The van der Waals surface area contributed by atoms with Gasteiger partial charge in [0.1, 0.15) is 5.75 Å². The zero-order chi connectivity index (χ0) is 10.1. The third-order valence-electron chi connectivity index (χ3n) is 1.85. The van der Waals surface area contributed by atoms with E-state index in [1.165, 1.54) is 11.3 Å². The second-order valence-corrected chi connectivity index (χ2v) is 3.89. The van der Waals surface area contributed by atoms with Crippen LogP contribution >= 0.6 is 11.3 Å². The number of rotatable bonds is 1. The SMILES string of the molecule is NNC(=O)c1cc2cc(O)ccc2s1. The number of phenols is 1. The number of nitrogen functional groups attached to an aromatic ring is 1. The van der Waals surface area contributed by atoms with E-state index in [0.717, 1.165) is 10.1 Å². The van der Waals surface area contributed by atoms with Crippen molar-refractivity contribution in [1.29, 1.82) is 0 Å². The van der Waals surface area contributed by atoms with Gasteiger partial charge >= 0.3 is 0 Å². The molecular weight excluding hydrogens is 200 g/mol. The molecule has 1 aromatic heterocycles. The molecule has 0 saturated heterocycles. The van der Waals surface area contributed by atoms with Gasteiger partial charge in [0, 0.05) is 4.70 Å². The number of hydrogen-bond donors (Lipinski definition) is 3. The van der Waals surface area contributed by atoms with E-state index in [4.69, 9.17) is 5.84 Å². The van der Waals surface area contributed by atoms with E-state index in [-0.39, 0.29) is 11.7 Å². The Kier molecular flexibility index (Phi) is 2.11. The maximum atomic E-state index is 11.2. The van der Waals surface area contributed by atoms with Crippen molar-refractivity contribution in [2.24, 2.45) is 5.84 Å². The van der Waals surface area contributed by atoms with E-state index < -0.39 is 0 Å². The second kappa shape index (κ2) is 3.28. The lowest BCUT2D eigenvalue weighted by atomic mass is 10.2. The van der Waals surface area contributed by atoms with E-state index in [1.807, 2.05) is 0 Å². The Morgan fingerprint density at radius 2 is 2.21 bits per heavy atom. The van der Waals surface area contributed by atoms with Crippen molar-refractivity contribution in [3.63, 3.8) is 0 Å². The summed E-state index contributed by atoms with van der Waals surface area (Å²) in [6.45, 7) is 0. The number of hydrogen-bond acceptors (Lipinski definition) is 4. The molecule has 0 aliphatic heterocycles. The number of carbonyl (C=O) groups excluding carboxylic acids is 1. The minimum atomic E-state index is -0.314. The minimum absolute atomic E-state index is 0.190. The minimum Gasteiger partial charge on any atom is -0.508 e. The predicted octanol–water partition coefficient (Wildman–Crippen LogP) is 1.21. The number of carbonyl (C=O) groups is 1. The number of thiophene rings is 1. The summed E-state index contributed by atoms with van der Waals surface area (Å²) in [5.41, 5.74) is 2.07. The van der Waals surface area contributed by atoms with Gasteiger partial charge < -0.3 is 5.11 Å². The summed E-state index contributed by atoms with van der Waals surface area (Å²) >= 11 is 1.34. The first-order valence-electron chi connectivity index (χ1n) is 3.94. The van der Waals surface area contributed by atoms with Crippen LogP contribution in [0.15, 0.2) is 24.3 Å². The van der Waals surface area contributed by atoms with E-state index in [2.05, 4.69) is 5.43 Å². The first-order valence-corrected chi connectivity index (χ1v) is 4.76. The van der Waals surface area contributed by atoms with E-state index in [1.54, 1.807) is 24.3 Å². The maximum absolute atomic E-state index is 11.2. The Morgan fingerprint density at radius 3 is 2.93 bits per heavy atom. The molecule has 1 amide bonds. The first-order chi connectivity index (χ1) is 6.70. The van der Waals surface area contributed by atoms with Gasteiger partial charge in [0.05, 0.1) is 4.88 Å². The second-order valence-electron chi connectivity index (χ2n) is 2.81. The van der Waals surface area contributed by atoms with Gasteiger partial charge in [-0.25, -0.2) is 5.84 Å². The molecule has 0 atom stereocenters. The molecule has 0 aliphatic rings. The molecule has 2 aromatic rings. The first kappa shape index (κ1) is 8.98. The van der Waals surface area contributed by atoms with Crippen molar-refractivity contribution >= 4 is 27.3 Å². The van der Waals surface area contributed by atoms with Gasteiger partial charge in [-0.3, -0.25) is 10.2 Å².